The molecule has 0 spiro atoms. The van der Waals surface area contributed by atoms with Crippen LogP contribution in [0, 0.1) is 5.92 Å². The minimum absolute atomic E-state index is 0.0318. The zero-order valence-corrected chi connectivity index (χ0v) is 18.9. The zero-order chi connectivity index (χ0) is 22.1. The molecule has 1 atom stereocenters. The number of carbonyl (C=O) groups excluding carboxylic acids is 2. The Labute approximate surface area is 191 Å². The third-order valence-electron chi connectivity index (χ3n) is 6.16. The van der Waals surface area contributed by atoms with Gasteiger partial charge in [-0.25, -0.2) is 4.98 Å². The SMILES string of the molecule is C=C(C(=O)c1ccc(C(=O)C2CCCCC2)c(Cl)c1)C(C)c1nc2ccc(Cl)cc2[nH]1. The lowest BCUT2D eigenvalue weighted by Crippen LogP contribution is -2.18. The Morgan fingerprint density at radius 3 is 2.55 bits per heavy atom. The van der Waals surface area contributed by atoms with Gasteiger partial charge in [-0.1, -0.05) is 62.0 Å². The molecular formula is C25H24Cl2N2O2. The van der Waals surface area contributed by atoms with Gasteiger partial charge < -0.3 is 4.98 Å². The molecule has 6 heteroatoms. The van der Waals surface area contributed by atoms with E-state index in [1.165, 1.54) is 6.42 Å². The summed E-state index contributed by atoms with van der Waals surface area (Å²) in [4.78, 5) is 33.7. The monoisotopic (exact) mass is 454 g/mol. The fourth-order valence-corrected chi connectivity index (χ4v) is 4.64. The van der Waals surface area contributed by atoms with E-state index in [1.54, 1.807) is 30.3 Å². The molecule has 1 fully saturated rings. The highest BCUT2D eigenvalue weighted by Crippen LogP contribution is 2.31. The number of hydrogen-bond donors (Lipinski definition) is 1. The summed E-state index contributed by atoms with van der Waals surface area (Å²) < 4.78 is 0. The number of rotatable bonds is 6. The average Bonchev–Trinajstić information content (AvgIpc) is 3.20. The van der Waals surface area contributed by atoms with Gasteiger partial charge in [0.15, 0.2) is 11.6 Å². The minimum Gasteiger partial charge on any atom is -0.341 e. The molecule has 1 heterocycles. The van der Waals surface area contributed by atoms with Gasteiger partial charge in [0.05, 0.1) is 16.1 Å². The van der Waals surface area contributed by atoms with Crippen LogP contribution in [0.4, 0.5) is 0 Å². The van der Waals surface area contributed by atoms with Gasteiger partial charge >= 0.3 is 0 Å². The first kappa shape index (κ1) is 21.8. The lowest BCUT2D eigenvalue weighted by atomic mass is 9.83. The zero-order valence-electron chi connectivity index (χ0n) is 17.4. The molecule has 1 saturated carbocycles. The Morgan fingerprint density at radius 2 is 1.84 bits per heavy atom. The van der Waals surface area contributed by atoms with Crippen molar-refractivity contribution in [2.24, 2.45) is 5.92 Å². The largest absolute Gasteiger partial charge is 0.341 e. The van der Waals surface area contributed by atoms with Crippen molar-refractivity contribution in [3.05, 3.63) is 75.5 Å². The number of fused-ring (bicyclic) bond motifs is 1. The molecule has 0 amide bonds. The highest BCUT2D eigenvalue weighted by atomic mass is 35.5. The van der Waals surface area contributed by atoms with Gasteiger partial charge in [-0.15, -0.1) is 0 Å². The third-order valence-corrected chi connectivity index (χ3v) is 6.71. The molecule has 31 heavy (non-hydrogen) atoms. The van der Waals surface area contributed by atoms with Crippen molar-refractivity contribution in [1.82, 2.24) is 9.97 Å². The molecule has 1 aliphatic carbocycles. The summed E-state index contributed by atoms with van der Waals surface area (Å²) in [7, 11) is 0. The van der Waals surface area contributed by atoms with Crippen LogP contribution in [-0.2, 0) is 0 Å². The number of nitrogens with zero attached hydrogens (tertiary/aromatic N) is 1. The first-order valence-corrected chi connectivity index (χ1v) is 11.3. The molecule has 4 rings (SSSR count). The normalized spacial score (nSPS) is 15.7. The number of carbonyl (C=O) groups is 2. The van der Waals surface area contributed by atoms with E-state index < -0.39 is 0 Å². The maximum Gasteiger partial charge on any atom is 0.189 e. The number of ketones is 2. The van der Waals surface area contributed by atoms with E-state index in [9.17, 15) is 9.59 Å². The van der Waals surface area contributed by atoms with Gasteiger partial charge in [0.2, 0.25) is 0 Å². The summed E-state index contributed by atoms with van der Waals surface area (Å²) in [5.74, 6) is 0.220. The highest BCUT2D eigenvalue weighted by Gasteiger charge is 2.26. The predicted octanol–water partition coefficient (Wildman–Crippen LogP) is 7.18. The lowest BCUT2D eigenvalue weighted by molar-refractivity contribution is 0.0889. The summed E-state index contributed by atoms with van der Waals surface area (Å²) in [6.45, 7) is 5.89. The fraction of sp³-hybridized carbons (Fsp3) is 0.320. The van der Waals surface area contributed by atoms with Gasteiger partial charge in [-0.2, -0.15) is 0 Å². The van der Waals surface area contributed by atoms with Crippen LogP contribution in [-0.4, -0.2) is 21.5 Å². The molecule has 3 aromatic rings. The molecule has 0 radical (unpaired) electrons. The number of nitrogens with one attached hydrogen (secondary N) is 1. The molecule has 0 bridgehead atoms. The van der Waals surface area contributed by atoms with Crippen LogP contribution in [0.5, 0.6) is 0 Å². The molecule has 0 saturated heterocycles. The molecule has 160 valence electrons. The average molecular weight is 455 g/mol. The minimum atomic E-state index is -0.319. The van der Waals surface area contributed by atoms with E-state index in [1.807, 2.05) is 13.0 Å². The van der Waals surface area contributed by atoms with Crippen LogP contribution in [0.2, 0.25) is 10.0 Å². The van der Waals surface area contributed by atoms with Crippen molar-refractivity contribution in [2.75, 3.05) is 0 Å². The van der Waals surface area contributed by atoms with E-state index in [0.29, 0.717) is 32.6 Å². The van der Waals surface area contributed by atoms with Crippen molar-refractivity contribution in [2.45, 2.75) is 44.9 Å². The number of aromatic amines is 1. The maximum atomic E-state index is 13.1. The van der Waals surface area contributed by atoms with E-state index in [4.69, 9.17) is 23.2 Å². The Morgan fingerprint density at radius 1 is 1.10 bits per heavy atom. The van der Waals surface area contributed by atoms with E-state index in [2.05, 4.69) is 16.5 Å². The Hall–Kier alpha value is -2.43. The number of benzene rings is 2. The van der Waals surface area contributed by atoms with Crippen LogP contribution < -0.4 is 0 Å². The summed E-state index contributed by atoms with van der Waals surface area (Å²) in [5.41, 5.74) is 2.90. The first-order valence-electron chi connectivity index (χ1n) is 10.6. The Kier molecular flexibility index (Phi) is 6.31. The van der Waals surface area contributed by atoms with Crippen LogP contribution in [0.15, 0.2) is 48.6 Å². The number of H-pyrrole nitrogens is 1. The van der Waals surface area contributed by atoms with Gasteiger partial charge in [-0.05, 0) is 43.2 Å². The van der Waals surface area contributed by atoms with Gasteiger partial charge in [-0.3, -0.25) is 9.59 Å². The Bertz CT molecular complexity index is 1180. The number of halogens is 2. The maximum absolute atomic E-state index is 13.1. The fourth-order valence-electron chi connectivity index (χ4n) is 4.19. The van der Waals surface area contributed by atoms with Crippen LogP contribution in [0.25, 0.3) is 11.0 Å². The van der Waals surface area contributed by atoms with Gasteiger partial charge in [0.25, 0.3) is 0 Å². The van der Waals surface area contributed by atoms with Crippen LogP contribution in [0.1, 0.15) is 71.5 Å². The topological polar surface area (TPSA) is 62.8 Å². The second kappa shape index (κ2) is 8.97. The van der Waals surface area contributed by atoms with Crippen molar-refractivity contribution in [3.8, 4) is 0 Å². The molecule has 4 nitrogen and oxygen atoms in total. The molecule has 1 aliphatic rings. The predicted molar refractivity (Wildman–Crippen MR) is 125 cm³/mol. The van der Waals surface area contributed by atoms with Crippen LogP contribution in [0.3, 0.4) is 0 Å². The van der Waals surface area contributed by atoms with E-state index in [-0.39, 0.29) is 23.4 Å². The van der Waals surface area contributed by atoms with E-state index >= 15 is 0 Å². The van der Waals surface area contributed by atoms with Crippen LogP contribution >= 0.6 is 23.2 Å². The van der Waals surface area contributed by atoms with Gasteiger partial charge in [0, 0.05) is 33.6 Å². The first-order chi connectivity index (χ1) is 14.8. The quantitative estimate of drug-likeness (QED) is 0.316. The van der Waals surface area contributed by atoms with E-state index in [0.717, 1.165) is 36.7 Å². The smallest absolute Gasteiger partial charge is 0.189 e. The number of aromatic nitrogens is 2. The molecule has 2 aromatic carbocycles. The molecule has 1 N–H and O–H groups in total. The highest BCUT2D eigenvalue weighted by molar-refractivity contribution is 6.34. The number of allylic oxidation sites excluding steroid dienone is 1. The second-order valence-electron chi connectivity index (χ2n) is 8.25. The summed E-state index contributed by atoms with van der Waals surface area (Å²) in [5, 5.41) is 0.933. The van der Waals surface area contributed by atoms with Gasteiger partial charge in [0.1, 0.15) is 5.82 Å². The molecule has 1 unspecified atom stereocenters. The van der Waals surface area contributed by atoms with Crippen molar-refractivity contribution in [3.63, 3.8) is 0 Å². The van der Waals surface area contributed by atoms with Crippen molar-refractivity contribution in [1.29, 1.82) is 0 Å². The summed E-state index contributed by atoms with van der Waals surface area (Å²) in [6.07, 6.45) is 5.16. The van der Waals surface area contributed by atoms with Crippen molar-refractivity contribution >= 4 is 45.8 Å². The summed E-state index contributed by atoms with van der Waals surface area (Å²) in [6, 6.07) is 10.3. The lowest BCUT2D eigenvalue weighted by Gasteiger charge is -2.21. The number of hydrogen-bond acceptors (Lipinski definition) is 3. The summed E-state index contributed by atoms with van der Waals surface area (Å²) >= 11 is 12.5. The van der Waals surface area contributed by atoms with Crippen molar-refractivity contribution < 1.29 is 9.59 Å². The number of Topliss-reactive ketones (excluding diaryl/α,β-unsaturated/α-hetero) is 2. The second-order valence-corrected chi connectivity index (χ2v) is 9.10. The standard InChI is InChI=1S/C25H24Cl2N2O2/c1-14(15(2)25-28-21-11-9-18(26)13-22(21)29-25)23(30)17-8-10-19(20(27)12-17)24(31)16-6-4-3-5-7-16/h8-13,15-16H,1,3-7H2,2H3,(H,28,29). The molecule has 1 aromatic heterocycles. The third kappa shape index (κ3) is 4.46. The molecular weight excluding hydrogens is 431 g/mol. The Balaban J connectivity index is 1.53. The number of imidazole rings is 1. The molecule has 0 aliphatic heterocycles.